The second kappa shape index (κ2) is 5.66. The van der Waals surface area contributed by atoms with Gasteiger partial charge in [0.1, 0.15) is 6.33 Å². The van der Waals surface area contributed by atoms with E-state index in [1.54, 1.807) is 26.2 Å². The second-order valence-corrected chi connectivity index (χ2v) is 4.52. The number of nitrogens with zero attached hydrogens (tertiary/aromatic N) is 5. The van der Waals surface area contributed by atoms with Crippen LogP contribution in [-0.2, 0) is 0 Å². The van der Waals surface area contributed by atoms with E-state index in [1.807, 2.05) is 12.1 Å². The van der Waals surface area contributed by atoms with E-state index in [4.69, 9.17) is 11.6 Å². The van der Waals surface area contributed by atoms with Crippen LogP contribution < -0.4 is 5.32 Å². The fourth-order valence-electron chi connectivity index (χ4n) is 1.48. The topological polar surface area (TPSA) is 75.9 Å². The summed E-state index contributed by atoms with van der Waals surface area (Å²) in [6.45, 7) is 0. The molecule has 2 rings (SSSR count). The first-order valence-electron chi connectivity index (χ1n) is 5.53. The van der Waals surface area contributed by atoms with Crippen LogP contribution in [0.1, 0.15) is 11.7 Å². The maximum atomic E-state index is 11.8. The van der Waals surface area contributed by atoms with Gasteiger partial charge in [0, 0.05) is 19.1 Å². The number of tetrazole rings is 1. The highest BCUT2D eigenvalue weighted by Crippen LogP contribution is 2.17. The lowest BCUT2D eigenvalue weighted by Gasteiger charge is -2.21. The molecule has 19 heavy (non-hydrogen) atoms. The first-order chi connectivity index (χ1) is 9.08. The number of hydrogen-bond acceptors (Lipinski definition) is 4. The SMILES string of the molecule is CN(C)C(=O)NC(c1ccc(Cl)cc1)n1cnnn1. The Labute approximate surface area is 115 Å². The molecule has 0 aliphatic carbocycles. The minimum atomic E-state index is -0.484. The van der Waals surface area contributed by atoms with Crippen molar-refractivity contribution < 1.29 is 4.79 Å². The quantitative estimate of drug-likeness (QED) is 0.915. The highest BCUT2D eigenvalue weighted by molar-refractivity contribution is 6.30. The predicted octanol–water partition coefficient (Wildman–Crippen LogP) is 1.14. The van der Waals surface area contributed by atoms with E-state index >= 15 is 0 Å². The highest BCUT2D eigenvalue weighted by atomic mass is 35.5. The summed E-state index contributed by atoms with van der Waals surface area (Å²) < 4.78 is 1.46. The standard InChI is InChI=1S/C11H13ClN6O/c1-17(2)11(19)14-10(18-7-13-15-16-18)8-3-5-9(12)6-4-8/h3-7,10H,1-2H3,(H,14,19). The molecule has 1 aromatic carbocycles. The Hall–Kier alpha value is -2.15. The third kappa shape index (κ3) is 3.19. The Morgan fingerprint density at radius 2 is 2.05 bits per heavy atom. The van der Waals surface area contributed by atoms with Crippen molar-refractivity contribution in [3.63, 3.8) is 0 Å². The molecule has 0 saturated heterocycles. The van der Waals surface area contributed by atoms with Crippen molar-refractivity contribution in [2.45, 2.75) is 6.17 Å². The molecule has 0 saturated carbocycles. The molecule has 0 aliphatic heterocycles. The van der Waals surface area contributed by atoms with Crippen molar-refractivity contribution >= 4 is 17.6 Å². The number of amides is 2. The zero-order valence-electron chi connectivity index (χ0n) is 10.5. The third-order valence-corrected chi connectivity index (χ3v) is 2.73. The Morgan fingerprint density at radius 3 is 2.58 bits per heavy atom. The second-order valence-electron chi connectivity index (χ2n) is 4.09. The van der Waals surface area contributed by atoms with Crippen LogP contribution in [0.4, 0.5) is 4.79 Å². The normalized spacial score (nSPS) is 11.9. The van der Waals surface area contributed by atoms with Crippen molar-refractivity contribution in [2.24, 2.45) is 0 Å². The van der Waals surface area contributed by atoms with Gasteiger partial charge in [-0.25, -0.2) is 9.48 Å². The van der Waals surface area contributed by atoms with Gasteiger partial charge in [0.05, 0.1) is 0 Å². The third-order valence-electron chi connectivity index (χ3n) is 2.48. The van der Waals surface area contributed by atoms with Crippen LogP contribution in [0.3, 0.4) is 0 Å². The summed E-state index contributed by atoms with van der Waals surface area (Å²) in [6, 6.07) is 6.87. The number of benzene rings is 1. The van der Waals surface area contributed by atoms with E-state index in [1.165, 1.54) is 15.9 Å². The molecule has 1 N–H and O–H groups in total. The number of rotatable bonds is 3. The van der Waals surface area contributed by atoms with Gasteiger partial charge < -0.3 is 10.2 Å². The van der Waals surface area contributed by atoms with Crippen molar-refractivity contribution in [3.05, 3.63) is 41.2 Å². The fourth-order valence-corrected chi connectivity index (χ4v) is 1.61. The lowest BCUT2D eigenvalue weighted by Crippen LogP contribution is -2.40. The van der Waals surface area contributed by atoms with E-state index in [9.17, 15) is 4.79 Å². The van der Waals surface area contributed by atoms with Crippen molar-refractivity contribution in [2.75, 3.05) is 14.1 Å². The molecule has 1 aromatic heterocycles. The molecule has 0 fully saturated rings. The minimum Gasteiger partial charge on any atom is -0.331 e. The average Bonchev–Trinajstić information content (AvgIpc) is 2.90. The number of aromatic nitrogens is 4. The van der Waals surface area contributed by atoms with Gasteiger partial charge in [-0.1, -0.05) is 23.7 Å². The van der Waals surface area contributed by atoms with Gasteiger partial charge in [0.25, 0.3) is 0 Å². The summed E-state index contributed by atoms with van der Waals surface area (Å²) in [6.07, 6.45) is 0.956. The minimum absolute atomic E-state index is 0.240. The molecule has 1 heterocycles. The van der Waals surface area contributed by atoms with E-state index in [0.29, 0.717) is 5.02 Å². The summed E-state index contributed by atoms with van der Waals surface area (Å²) in [5.41, 5.74) is 0.826. The Balaban J connectivity index is 2.29. The smallest absolute Gasteiger partial charge is 0.318 e. The molecule has 0 aliphatic rings. The van der Waals surface area contributed by atoms with Crippen molar-refractivity contribution in [3.8, 4) is 0 Å². The van der Waals surface area contributed by atoms with Gasteiger partial charge in [0.2, 0.25) is 0 Å². The zero-order chi connectivity index (χ0) is 13.8. The van der Waals surface area contributed by atoms with Crippen LogP contribution in [0.25, 0.3) is 0 Å². The number of carbonyl (C=O) groups excluding carboxylic acids is 1. The maximum absolute atomic E-state index is 11.8. The number of carbonyl (C=O) groups is 1. The van der Waals surface area contributed by atoms with Crippen LogP contribution in [0.5, 0.6) is 0 Å². The monoisotopic (exact) mass is 280 g/mol. The molecule has 2 aromatic rings. The van der Waals surface area contributed by atoms with E-state index < -0.39 is 6.17 Å². The van der Waals surface area contributed by atoms with Gasteiger partial charge >= 0.3 is 6.03 Å². The van der Waals surface area contributed by atoms with Gasteiger partial charge in [-0.2, -0.15) is 0 Å². The molecule has 0 radical (unpaired) electrons. The van der Waals surface area contributed by atoms with Crippen LogP contribution >= 0.6 is 11.6 Å². The molecule has 0 spiro atoms. The summed E-state index contributed by atoms with van der Waals surface area (Å²) in [4.78, 5) is 13.2. The first kappa shape index (κ1) is 13.3. The molecular weight excluding hydrogens is 268 g/mol. The summed E-state index contributed by atoms with van der Waals surface area (Å²) >= 11 is 5.85. The largest absolute Gasteiger partial charge is 0.331 e. The van der Waals surface area contributed by atoms with Crippen molar-refractivity contribution in [1.82, 2.24) is 30.4 Å². The molecule has 8 heteroatoms. The van der Waals surface area contributed by atoms with Crippen LogP contribution in [0, 0.1) is 0 Å². The maximum Gasteiger partial charge on any atom is 0.318 e. The fraction of sp³-hybridized carbons (Fsp3) is 0.273. The molecule has 0 bridgehead atoms. The molecule has 1 atom stereocenters. The zero-order valence-corrected chi connectivity index (χ0v) is 11.2. The number of urea groups is 1. The predicted molar refractivity (Wildman–Crippen MR) is 69.6 cm³/mol. The Kier molecular flexibility index (Phi) is 3.96. The van der Waals surface area contributed by atoms with Gasteiger partial charge in [-0.15, -0.1) is 5.10 Å². The van der Waals surface area contributed by atoms with Crippen LogP contribution in [0.15, 0.2) is 30.6 Å². The summed E-state index contributed by atoms with van der Waals surface area (Å²) in [5.74, 6) is 0. The highest BCUT2D eigenvalue weighted by Gasteiger charge is 2.18. The summed E-state index contributed by atoms with van der Waals surface area (Å²) in [7, 11) is 3.32. The average molecular weight is 281 g/mol. The van der Waals surface area contributed by atoms with Crippen LogP contribution in [-0.4, -0.2) is 45.2 Å². The molecule has 7 nitrogen and oxygen atoms in total. The number of halogens is 1. The summed E-state index contributed by atoms with van der Waals surface area (Å²) in [5, 5.41) is 14.4. The molecule has 2 amide bonds. The number of hydrogen-bond donors (Lipinski definition) is 1. The molecule has 1 unspecified atom stereocenters. The van der Waals surface area contributed by atoms with E-state index in [-0.39, 0.29) is 6.03 Å². The molecule has 100 valence electrons. The van der Waals surface area contributed by atoms with Gasteiger partial charge in [-0.3, -0.25) is 0 Å². The van der Waals surface area contributed by atoms with Gasteiger partial charge in [-0.05, 0) is 28.1 Å². The Bertz CT molecular complexity index is 539. The lowest BCUT2D eigenvalue weighted by atomic mass is 10.2. The number of nitrogens with one attached hydrogen (secondary N) is 1. The van der Waals surface area contributed by atoms with Crippen LogP contribution in [0.2, 0.25) is 5.02 Å². The Morgan fingerprint density at radius 1 is 1.37 bits per heavy atom. The van der Waals surface area contributed by atoms with E-state index in [0.717, 1.165) is 5.56 Å². The van der Waals surface area contributed by atoms with Crippen molar-refractivity contribution in [1.29, 1.82) is 0 Å². The lowest BCUT2D eigenvalue weighted by molar-refractivity contribution is 0.209. The van der Waals surface area contributed by atoms with E-state index in [2.05, 4.69) is 20.8 Å². The van der Waals surface area contributed by atoms with Gasteiger partial charge in [0.15, 0.2) is 6.17 Å². The molecular formula is C11H13ClN6O. The first-order valence-corrected chi connectivity index (χ1v) is 5.91.